The van der Waals surface area contributed by atoms with Gasteiger partial charge in [-0.05, 0) is 25.0 Å². The number of benzene rings is 1. The highest BCUT2D eigenvalue weighted by atomic mass is 16.4. The Balaban J connectivity index is 1.92. The van der Waals surface area contributed by atoms with Gasteiger partial charge in [0.15, 0.2) is 0 Å². The summed E-state index contributed by atoms with van der Waals surface area (Å²) in [6, 6.07) is 8.97. The maximum absolute atomic E-state index is 12.6. The molecule has 0 spiro atoms. The molecular formula is C18H25N3O4. The monoisotopic (exact) mass is 347 g/mol. The van der Waals surface area contributed by atoms with Crippen LogP contribution >= 0.6 is 0 Å². The van der Waals surface area contributed by atoms with E-state index in [-0.39, 0.29) is 24.4 Å². The quantitative estimate of drug-likeness (QED) is 0.853. The van der Waals surface area contributed by atoms with Gasteiger partial charge in [-0.25, -0.2) is 4.79 Å². The molecule has 1 aliphatic rings. The Bertz CT molecular complexity index is 620. The van der Waals surface area contributed by atoms with Gasteiger partial charge < -0.3 is 20.2 Å². The van der Waals surface area contributed by atoms with E-state index in [1.54, 1.807) is 18.9 Å². The van der Waals surface area contributed by atoms with Gasteiger partial charge in [-0.3, -0.25) is 9.59 Å². The molecule has 1 saturated heterocycles. The van der Waals surface area contributed by atoms with Crippen LogP contribution in [0.25, 0.3) is 0 Å². The van der Waals surface area contributed by atoms with Gasteiger partial charge in [0.2, 0.25) is 5.91 Å². The van der Waals surface area contributed by atoms with E-state index in [4.69, 9.17) is 5.11 Å². The smallest absolute Gasteiger partial charge is 0.321 e. The van der Waals surface area contributed by atoms with Gasteiger partial charge in [0.05, 0.1) is 11.8 Å². The highest BCUT2D eigenvalue weighted by molar-refractivity contribution is 5.90. The second-order valence-electron chi connectivity index (χ2n) is 6.54. The van der Waals surface area contributed by atoms with Gasteiger partial charge in [0, 0.05) is 32.4 Å². The number of hydrogen-bond acceptors (Lipinski definition) is 3. The summed E-state index contributed by atoms with van der Waals surface area (Å²) in [6.07, 6.45) is 1.46. The summed E-state index contributed by atoms with van der Waals surface area (Å²) < 4.78 is 0. The van der Waals surface area contributed by atoms with Crippen molar-refractivity contribution < 1.29 is 19.5 Å². The first-order valence-corrected chi connectivity index (χ1v) is 8.47. The fourth-order valence-electron chi connectivity index (χ4n) is 2.98. The Hall–Kier alpha value is -2.57. The van der Waals surface area contributed by atoms with Crippen LogP contribution in [-0.4, -0.2) is 59.5 Å². The summed E-state index contributed by atoms with van der Waals surface area (Å²) in [4.78, 5) is 39.0. The Morgan fingerprint density at radius 1 is 1.32 bits per heavy atom. The molecule has 3 amide bonds. The molecule has 0 aromatic heterocycles. The minimum absolute atomic E-state index is 0.106. The number of urea groups is 1. The van der Waals surface area contributed by atoms with E-state index in [2.05, 4.69) is 5.32 Å². The normalized spacial score (nSPS) is 18.3. The van der Waals surface area contributed by atoms with Crippen molar-refractivity contribution in [2.24, 2.45) is 11.8 Å². The van der Waals surface area contributed by atoms with Crippen LogP contribution in [-0.2, 0) is 9.59 Å². The summed E-state index contributed by atoms with van der Waals surface area (Å²) in [5.41, 5.74) is 0.716. The number of piperidine rings is 1. The molecule has 2 N–H and O–H groups in total. The number of aliphatic carboxylic acids is 1. The molecular weight excluding hydrogens is 322 g/mol. The molecule has 1 aromatic carbocycles. The van der Waals surface area contributed by atoms with Crippen molar-refractivity contribution in [2.75, 3.05) is 32.0 Å². The first kappa shape index (κ1) is 18.8. The third-order valence-electron chi connectivity index (χ3n) is 4.43. The maximum atomic E-state index is 12.6. The topological polar surface area (TPSA) is 90.0 Å². The Labute approximate surface area is 147 Å². The van der Waals surface area contributed by atoms with Gasteiger partial charge in [0.1, 0.15) is 0 Å². The van der Waals surface area contributed by atoms with Crippen molar-refractivity contribution in [3.05, 3.63) is 30.3 Å². The molecule has 1 aliphatic heterocycles. The molecule has 0 saturated carbocycles. The van der Waals surface area contributed by atoms with E-state index in [9.17, 15) is 14.4 Å². The highest BCUT2D eigenvalue weighted by Gasteiger charge is 2.31. The lowest BCUT2D eigenvalue weighted by molar-refractivity contribution is -0.143. The molecule has 7 nitrogen and oxygen atoms in total. The number of amides is 3. The first-order chi connectivity index (χ1) is 11.9. The molecule has 25 heavy (non-hydrogen) atoms. The minimum Gasteiger partial charge on any atom is -0.481 e. The lowest BCUT2D eigenvalue weighted by atomic mass is 9.96. The number of nitrogens with zero attached hydrogens (tertiary/aromatic N) is 2. The third kappa shape index (κ3) is 5.20. The lowest BCUT2D eigenvalue weighted by Gasteiger charge is -2.34. The SMILES string of the molecule is CC(CN(C)C(=O)C1CCCN(C(=O)Nc2ccccc2)C1)C(=O)O. The highest BCUT2D eigenvalue weighted by Crippen LogP contribution is 2.20. The fraction of sp³-hybridized carbons (Fsp3) is 0.500. The lowest BCUT2D eigenvalue weighted by Crippen LogP contribution is -2.48. The minimum atomic E-state index is -0.924. The number of nitrogens with one attached hydrogen (secondary N) is 1. The molecule has 1 fully saturated rings. The number of hydrogen-bond donors (Lipinski definition) is 2. The second kappa shape index (κ2) is 8.50. The average Bonchev–Trinajstić information content (AvgIpc) is 2.61. The number of carboxylic acids is 1. The van der Waals surface area contributed by atoms with Crippen molar-refractivity contribution in [3.8, 4) is 0 Å². The fourth-order valence-corrected chi connectivity index (χ4v) is 2.98. The number of rotatable bonds is 5. The van der Waals surface area contributed by atoms with Crippen LogP contribution in [0.2, 0.25) is 0 Å². The molecule has 0 aliphatic carbocycles. The van der Waals surface area contributed by atoms with E-state index in [1.807, 2.05) is 30.3 Å². The molecule has 2 rings (SSSR count). The zero-order valence-electron chi connectivity index (χ0n) is 14.6. The van der Waals surface area contributed by atoms with E-state index in [0.717, 1.165) is 6.42 Å². The molecule has 2 atom stereocenters. The summed E-state index contributed by atoms with van der Waals surface area (Å²) in [6.45, 7) is 2.70. The standard InChI is InChI=1S/C18H25N3O4/c1-13(17(23)24)11-20(2)16(22)14-7-6-10-21(12-14)18(25)19-15-8-4-3-5-9-15/h3-5,8-9,13-14H,6-7,10-12H2,1-2H3,(H,19,25)(H,23,24). The Morgan fingerprint density at radius 3 is 2.64 bits per heavy atom. The average molecular weight is 347 g/mol. The zero-order chi connectivity index (χ0) is 18.4. The summed E-state index contributed by atoms with van der Waals surface area (Å²) >= 11 is 0. The van der Waals surface area contributed by atoms with Crippen molar-refractivity contribution in [1.82, 2.24) is 9.80 Å². The van der Waals surface area contributed by atoms with Crippen molar-refractivity contribution in [2.45, 2.75) is 19.8 Å². The maximum Gasteiger partial charge on any atom is 0.321 e. The van der Waals surface area contributed by atoms with Crippen molar-refractivity contribution in [1.29, 1.82) is 0 Å². The van der Waals surface area contributed by atoms with E-state index in [1.165, 1.54) is 4.90 Å². The number of carbonyl (C=O) groups is 3. The van der Waals surface area contributed by atoms with E-state index in [0.29, 0.717) is 25.2 Å². The Morgan fingerprint density at radius 2 is 2.00 bits per heavy atom. The van der Waals surface area contributed by atoms with Crippen LogP contribution in [0.5, 0.6) is 0 Å². The zero-order valence-corrected chi connectivity index (χ0v) is 14.6. The van der Waals surface area contributed by atoms with Crippen LogP contribution in [0.3, 0.4) is 0 Å². The summed E-state index contributed by atoms with van der Waals surface area (Å²) in [5.74, 6) is -1.94. The molecule has 1 heterocycles. The van der Waals surface area contributed by atoms with Crippen LogP contribution in [0, 0.1) is 11.8 Å². The van der Waals surface area contributed by atoms with Crippen LogP contribution in [0.4, 0.5) is 10.5 Å². The number of carbonyl (C=O) groups excluding carboxylic acids is 2. The molecule has 0 radical (unpaired) electrons. The molecule has 0 bridgehead atoms. The third-order valence-corrected chi connectivity index (χ3v) is 4.43. The van der Waals surface area contributed by atoms with Gasteiger partial charge in [-0.1, -0.05) is 25.1 Å². The van der Waals surface area contributed by atoms with Gasteiger partial charge in [-0.2, -0.15) is 0 Å². The van der Waals surface area contributed by atoms with Gasteiger partial charge in [0.25, 0.3) is 0 Å². The van der Waals surface area contributed by atoms with Crippen LogP contribution in [0.1, 0.15) is 19.8 Å². The first-order valence-electron chi connectivity index (χ1n) is 8.47. The predicted octanol–water partition coefficient (Wildman–Crippen LogP) is 2.11. The van der Waals surface area contributed by atoms with Crippen LogP contribution in [0.15, 0.2) is 30.3 Å². The molecule has 7 heteroatoms. The number of carboxylic acid groups (broad SMARTS) is 1. The Kier molecular flexibility index (Phi) is 6.38. The molecule has 1 aromatic rings. The van der Waals surface area contributed by atoms with Gasteiger partial charge in [-0.15, -0.1) is 0 Å². The van der Waals surface area contributed by atoms with Crippen molar-refractivity contribution in [3.63, 3.8) is 0 Å². The number of anilines is 1. The molecule has 136 valence electrons. The number of para-hydroxylation sites is 1. The molecule has 2 unspecified atom stereocenters. The van der Waals surface area contributed by atoms with E-state index >= 15 is 0 Å². The second-order valence-corrected chi connectivity index (χ2v) is 6.54. The number of likely N-dealkylation sites (tertiary alicyclic amines) is 1. The summed E-state index contributed by atoms with van der Waals surface area (Å²) in [7, 11) is 1.62. The van der Waals surface area contributed by atoms with E-state index < -0.39 is 11.9 Å². The predicted molar refractivity (Wildman–Crippen MR) is 94.2 cm³/mol. The summed E-state index contributed by atoms with van der Waals surface area (Å²) in [5, 5.41) is 11.8. The largest absolute Gasteiger partial charge is 0.481 e. The van der Waals surface area contributed by atoms with Crippen LogP contribution < -0.4 is 5.32 Å². The van der Waals surface area contributed by atoms with Crippen molar-refractivity contribution >= 4 is 23.6 Å². The van der Waals surface area contributed by atoms with Gasteiger partial charge >= 0.3 is 12.0 Å².